The van der Waals surface area contributed by atoms with Gasteiger partial charge in [-0.05, 0) is 38.7 Å². The molecule has 0 spiro atoms. The SMILES string of the molecule is CCSc1ccc([C@@H](CO)NC(=O)OC(C)(C)C)nc1. The number of nitrogens with zero attached hydrogens (tertiary/aromatic N) is 1. The Labute approximate surface area is 124 Å². The third kappa shape index (κ3) is 5.79. The molecule has 0 radical (unpaired) electrons. The van der Waals surface area contributed by atoms with E-state index < -0.39 is 17.7 Å². The van der Waals surface area contributed by atoms with Crippen molar-refractivity contribution in [3.8, 4) is 0 Å². The molecule has 20 heavy (non-hydrogen) atoms. The van der Waals surface area contributed by atoms with Crippen LogP contribution in [0.4, 0.5) is 4.79 Å². The highest BCUT2D eigenvalue weighted by Crippen LogP contribution is 2.18. The number of nitrogens with one attached hydrogen (secondary N) is 1. The maximum Gasteiger partial charge on any atom is 0.408 e. The monoisotopic (exact) mass is 298 g/mol. The van der Waals surface area contributed by atoms with Gasteiger partial charge in [0, 0.05) is 11.1 Å². The molecule has 6 heteroatoms. The molecule has 0 unspecified atom stereocenters. The summed E-state index contributed by atoms with van der Waals surface area (Å²) in [5.41, 5.74) is 0.0397. The molecule has 0 fully saturated rings. The van der Waals surface area contributed by atoms with Crippen molar-refractivity contribution in [3.05, 3.63) is 24.0 Å². The van der Waals surface area contributed by atoms with Crippen molar-refractivity contribution in [2.45, 2.75) is 44.2 Å². The number of ether oxygens (including phenoxy) is 1. The van der Waals surface area contributed by atoms with E-state index in [1.54, 1.807) is 44.8 Å². The van der Waals surface area contributed by atoms with Crippen molar-refractivity contribution in [2.24, 2.45) is 0 Å². The van der Waals surface area contributed by atoms with Crippen LogP contribution in [0.2, 0.25) is 0 Å². The summed E-state index contributed by atoms with van der Waals surface area (Å²) in [5, 5.41) is 12.0. The van der Waals surface area contributed by atoms with Gasteiger partial charge < -0.3 is 15.2 Å². The highest BCUT2D eigenvalue weighted by atomic mass is 32.2. The van der Waals surface area contributed by atoms with Gasteiger partial charge in [-0.2, -0.15) is 0 Å². The van der Waals surface area contributed by atoms with Gasteiger partial charge in [0.05, 0.1) is 18.3 Å². The minimum absolute atomic E-state index is 0.230. The normalized spacial score (nSPS) is 12.8. The van der Waals surface area contributed by atoms with Gasteiger partial charge in [0.15, 0.2) is 0 Å². The standard InChI is InChI=1S/C14H22N2O3S/c1-5-20-10-6-7-11(15-8-10)12(9-17)16-13(18)19-14(2,3)4/h6-8,12,17H,5,9H2,1-4H3,(H,16,18)/t12-/m1/s1. The van der Waals surface area contributed by atoms with Crippen LogP contribution in [0.3, 0.4) is 0 Å². The minimum Gasteiger partial charge on any atom is -0.444 e. The van der Waals surface area contributed by atoms with Crippen LogP contribution in [0.25, 0.3) is 0 Å². The number of aliphatic hydroxyl groups is 1. The fraction of sp³-hybridized carbons (Fsp3) is 0.571. The first kappa shape index (κ1) is 16.8. The molecule has 5 nitrogen and oxygen atoms in total. The highest BCUT2D eigenvalue weighted by molar-refractivity contribution is 7.99. The van der Waals surface area contributed by atoms with Crippen LogP contribution in [-0.4, -0.2) is 34.1 Å². The molecule has 1 aromatic rings. The molecule has 1 aromatic heterocycles. The third-order valence-corrected chi connectivity index (χ3v) is 3.16. The van der Waals surface area contributed by atoms with Crippen molar-refractivity contribution < 1.29 is 14.6 Å². The van der Waals surface area contributed by atoms with Crippen LogP contribution in [0, 0.1) is 0 Å². The van der Waals surface area contributed by atoms with E-state index in [2.05, 4.69) is 17.2 Å². The van der Waals surface area contributed by atoms with Gasteiger partial charge in [-0.25, -0.2) is 4.79 Å². The van der Waals surface area contributed by atoms with Crippen molar-refractivity contribution in [1.29, 1.82) is 0 Å². The van der Waals surface area contributed by atoms with E-state index in [4.69, 9.17) is 4.74 Å². The number of rotatable bonds is 5. The van der Waals surface area contributed by atoms with Gasteiger partial charge in [0.1, 0.15) is 5.60 Å². The average molecular weight is 298 g/mol. The smallest absolute Gasteiger partial charge is 0.408 e. The zero-order valence-electron chi connectivity index (χ0n) is 12.3. The second kappa shape index (κ2) is 7.50. The first-order chi connectivity index (χ1) is 9.35. The quantitative estimate of drug-likeness (QED) is 0.818. The molecule has 0 aromatic carbocycles. The number of hydrogen-bond acceptors (Lipinski definition) is 5. The number of pyridine rings is 1. The van der Waals surface area contributed by atoms with E-state index in [-0.39, 0.29) is 6.61 Å². The summed E-state index contributed by atoms with van der Waals surface area (Å²) in [6.07, 6.45) is 1.17. The number of alkyl carbamates (subject to hydrolysis) is 1. The maximum absolute atomic E-state index is 11.7. The van der Waals surface area contributed by atoms with E-state index in [9.17, 15) is 9.90 Å². The molecule has 1 heterocycles. The lowest BCUT2D eigenvalue weighted by atomic mass is 10.2. The zero-order valence-corrected chi connectivity index (χ0v) is 13.2. The number of aromatic nitrogens is 1. The first-order valence-electron chi connectivity index (χ1n) is 6.55. The molecule has 0 aliphatic heterocycles. The molecule has 0 aliphatic rings. The second-order valence-corrected chi connectivity index (χ2v) is 6.57. The van der Waals surface area contributed by atoms with Crippen LogP contribution >= 0.6 is 11.8 Å². The van der Waals surface area contributed by atoms with Gasteiger partial charge in [-0.1, -0.05) is 6.92 Å². The topological polar surface area (TPSA) is 71.5 Å². The molecule has 112 valence electrons. The first-order valence-corrected chi connectivity index (χ1v) is 7.53. The van der Waals surface area contributed by atoms with Gasteiger partial charge >= 0.3 is 6.09 Å². The van der Waals surface area contributed by atoms with Crippen molar-refractivity contribution >= 4 is 17.9 Å². The molecule has 1 amide bonds. The van der Waals surface area contributed by atoms with Crippen LogP contribution in [0.5, 0.6) is 0 Å². The molecule has 0 saturated heterocycles. The summed E-state index contributed by atoms with van der Waals surface area (Å²) in [6, 6.07) is 3.16. The summed E-state index contributed by atoms with van der Waals surface area (Å²) in [5.74, 6) is 0.973. The summed E-state index contributed by atoms with van der Waals surface area (Å²) >= 11 is 1.69. The maximum atomic E-state index is 11.7. The van der Waals surface area contributed by atoms with Crippen molar-refractivity contribution in [3.63, 3.8) is 0 Å². The number of carbonyl (C=O) groups is 1. The van der Waals surface area contributed by atoms with Gasteiger partial charge in [0.25, 0.3) is 0 Å². The Morgan fingerprint density at radius 1 is 1.50 bits per heavy atom. The predicted molar refractivity (Wildman–Crippen MR) is 79.8 cm³/mol. The molecule has 0 bridgehead atoms. The Kier molecular flexibility index (Phi) is 6.29. The molecule has 1 rings (SSSR count). The highest BCUT2D eigenvalue weighted by Gasteiger charge is 2.20. The molecule has 1 atom stereocenters. The van der Waals surface area contributed by atoms with Crippen LogP contribution in [-0.2, 0) is 4.74 Å². The Morgan fingerprint density at radius 3 is 2.65 bits per heavy atom. The van der Waals surface area contributed by atoms with Crippen molar-refractivity contribution in [1.82, 2.24) is 10.3 Å². The zero-order chi connectivity index (χ0) is 15.2. The summed E-state index contributed by atoms with van der Waals surface area (Å²) in [6.45, 7) is 7.20. The van der Waals surface area contributed by atoms with Crippen LogP contribution in [0.15, 0.2) is 23.2 Å². The second-order valence-electron chi connectivity index (χ2n) is 5.23. The number of aliphatic hydroxyl groups excluding tert-OH is 1. The van der Waals surface area contributed by atoms with E-state index >= 15 is 0 Å². The number of hydrogen-bond donors (Lipinski definition) is 2. The lowest BCUT2D eigenvalue weighted by Crippen LogP contribution is -2.36. The number of amides is 1. The Hall–Kier alpha value is -1.27. The molecular weight excluding hydrogens is 276 g/mol. The van der Waals surface area contributed by atoms with E-state index in [0.717, 1.165) is 10.6 Å². The molecule has 0 aliphatic carbocycles. The van der Waals surface area contributed by atoms with Crippen LogP contribution in [0.1, 0.15) is 39.4 Å². The van der Waals surface area contributed by atoms with Gasteiger partial charge in [0.2, 0.25) is 0 Å². The molecule has 0 saturated carbocycles. The number of carbonyl (C=O) groups excluding carboxylic acids is 1. The van der Waals surface area contributed by atoms with E-state index in [1.165, 1.54) is 0 Å². The summed E-state index contributed by atoms with van der Waals surface area (Å²) in [4.78, 5) is 17.0. The van der Waals surface area contributed by atoms with E-state index in [1.807, 2.05) is 6.07 Å². The Balaban J connectivity index is 2.68. The van der Waals surface area contributed by atoms with Crippen molar-refractivity contribution in [2.75, 3.05) is 12.4 Å². The Bertz CT molecular complexity index is 429. The Morgan fingerprint density at radius 2 is 2.20 bits per heavy atom. The van der Waals surface area contributed by atoms with Gasteiger partial charge in [-0.3, -0.25) is 4.98 Å². The minimum atomic E-state index is -0.570. The number of thioether (sulfide) groups is 1. The fourth-order valence-corrected chi connectivity index (χ4v) is 2.14. The van der Waals surface area contributed by atoms with Crippen LogP contribution < -0.4 is 5.32 Å². The fourth-order valence-electron chi connectivity index (χ4n) is 1.51. The predicted octanol–water partition coefficient (Wildman–Crippen LogP) is 2.75. The molecular formula is C14H22N2O3S. The largest absolute Gasteiger partial charge is 0.444 e. The van der Waals surface area contributed by atoms with Gasteiger partial charge in [-0.15, -0.1) is 11.8 Å². The molecule has 2 N–H and O–H groups in total. The summed E-state index contributed by atoms with van der Waals surface area (Å²) in [7, 11) is 0. The lowest BCUT2D eigenvalue weighted by molar-refractivity contribution is 0.0480. The third-order valence-electron chi connectivity index (χ3n) is 2.30. The lowest BCUT2D eigenvalue weighted by Gasteiger charge is -2.22. The van der Waals surface area contributed by atoms with E-state index in [0.29, 0.717) is 5.69 Å². The average Bonchev–Trinajstić information content (AvgIpc) is 2.35. The summed E-state index contributed by atoms with van der Waals surface area (Å²) < 4.78 is 5.16.